The molecule has 9 nitrogen and oxygen atoms in total. The zero-order valence-electron chi connectivity index (χ0n) is 20.1. The smallest absolute Gasteiger partial charge is 0.355 e. The van der Waals surface area contributed by atoms with Gasteiger partial charge in [-0.05, 0) is 48.9 Å². The Balaban J connectivity index is 1.60. The number of fused-ring (bicyclic) bond motifs is 3. The molecule has 0 aliphatic heterocycles. The number of hydrogen-bond donors (Lipinski definition) is 1. The molecule has 37 heavy (non-hydrogen) atoms. The number of nitrogens with one attached hydrogen (secondary N) is 1. The van der Waals surface area contributed by atoms with Crippen molar-refractivity contribution in [1.29, 1.82) is 0 Å². The Morgan fingerprint density at radius 2 is 1.78 bits per heavy atom. The van der Waals surface area contributed by atoms with E-state index in [1.54, 1.807) is 37.3 Å². The van der Waals surface area contributed by atoms with Crippen LogP contribution in [-0.2, 0) is 16.1 Å². The van der Waals surface area contributed by atoms with Crippen LogP contribution in [-0.4, -0.2) is 27.2 Å². The number of ether oxygens (including phenoxy) is 1. The highest BCUT2D eigenvalue weighted by Gasteiger charge is 2.21. The van der Waals surface area contributed by atoms with Gasteiger partial charge < -0.3 is 14.5 Å². The molecule has 0 spiro atoms. The second-order valence-electron chi connectivity index (χ2n) is 8.65. The topological polar surface area (TPSA) is 108 Å². The largest absolute Gasteiger partial charge is 0.469 e. The fraction of sp³-hybridized carbons (Fsp3) is 0.185. The molecule has 0 saturated carbocycles. The molecule has 0 amide bonds. The number of carbonyl (C=O) groups excluding carboxylic acids is 1. The molecule has 3 aromatic carbocycles. The number of halogens is 1. The average Bonchev–Trinajstić information content (AvgIpc) is 3.25. The van der Waals surface area contributed by atoms with Crippen LogP contribution < -0.4 is 16.7 Å². The van der Waals surface area contributed by atoms with Crippen LogP contribution in [0.25, 0.3) is 21.9 Å². The lowest BCUT2D eigenvalue weighted by molar-refractivity contribution is -0.141. The average molecular weight is 519 g/mol. The molecule has 0 aliphatic carbocycles. The first-order chi connectivity index (χ1) is 17.8. The van der Waals surface area contributed by atoms with Gasteiger partial charge in [-0.3, -0.25) is 9.36 Å². The van der Waals surface area contributed by atoms with Crippen LogP contribution >= 0.6 is 11.6 Å². The number of para-hydroxylation sites is 1. The third-order valence-corrected chi connectivity index (χ3v) is 6.37. The summed E-state index contributed by atoms with van der Waals surface area (Å²) in [5, 5.41) is 5.52. The number of nitrogens with zero attached hydrogens (tertiary/aromatic N) is 3. The van der Waals surface area contributed by atoms with Crippen molar-refractivity contribution in [1.82, 2.24) is 14.1 Å². The van der Waals surface area contributed by atoms with E-state index in [-0.39, 0.29) is 18.9 Å². The number of furan rings is 1. The molecular formula is C27H23ClN4O5. The van der Waals surface area contributed by atoms with Crippen molar-refractivity contribution in [2.24, 2.45) is 0 Å². The molecule has 0 bridgehead atoms. The zero-order valence-corrected chi connectivity index (χ0v) is 20.9. The summed E-state index contributed by atoms with van der Waals surface area (Å²) in [6.45, 7) is 1.71. The summed E-state index contributed by atoms with van der Waals surface area (Å²) in [4.78, 5) is 42.6. The van der Waals surface area contributed by atoms with Crippen LogP contribution in [0.15, 0.2) is 80.7 Å². The van der Waals surface area contributed by atoms with Crippen LogP contribution in [0.2, 0.25) is 5.02 Å². The predicted molar refractivity (Wildman–Crippen MR) is 142 cm³/mol. The highest BCUT2D eigenvalue weighted by atomic mass is 35.5. The molecule has 0 radical (unpaired) electrons. The first kappa shape index (κ1) is 24.3. The molecule has 2 aromatic heterocycles. The van der Waals surface area contributed by atoms with Gasteiger partial charge in [-0.25, -0.2) is 14.2 Å². The molecule has 1 atom stereocenters. The van der Waals surface area contributed by atoms with Crippen molar-refractivity contribution in [2.45, 2.75) is 25.9 Å². The van der Waals surface area contributed by atoms with Crippen molar-refractivity contribution in [2.75, 3.05) is 12.4 Å². The van der Waals surface area contributed by atoms with Crippen LogP contribution in [0.4, 0.5) is 11.6 Å². The molecule has 5 rings (SSSR count). The van der Waals surface area contributed by atoms with E-state index in [2.05, 4.69) is 10.3 Å². The SMILES string of the molecule is COC(=O)C[C@H](C)n1c(=O)nc(Nc2ccc3oc4ccccc4c3c2)n(Cc2ccc(Cl)cc2)c1=O. The molecule has 1 N–H and O–H groups in total. The number of anilines is 2. The molecule has 0 saturated heterocycles. The molecule has 0 fully saturated rings. The Labute approximate surface area is 215 Å². The summed E-state index contributed by atoms with van der Waals surface area (Å²) in [6, 6.07) is 19.4. The van der Waals surface area contributed by atoms with E-state index in [1.807, 2.05) is 36.4 Å². The normalized spacial score (nSPS) is 12.1. The van der Waals surface area contributed by atoms with Crippen LogP contribution in [0.5, 0.6) is 0 Å². The van der Waals surface area contributed by atoms with Crippen molar-refractivity contribution >= 4 is 51.1 Å². The number of rotatable bonds is 7. The molecule has 0 unspecified atom stereocenters. The minimum Gasteiger partial charge on any atom is -0.469 e. The maximum Gasteiger partial charge on any atom is 0.355 e. The van der Waals surface area contributed by atoms with E-state index in [4.69, 9.17) is 20.8 Å². The molecule has 2 heterocycles. The van der Waals surface area contributed by atoms with Crippen molar-refractivity contribution in [3.8, 4) is 0 Å². The molecule has 188 valence electrons. The second kappa shape index (κ2) is 9.94. The van der Waals surface area contributed by atoms with Gasteiger partial charge in [-0.2, -0.15) is 4.98 Å². The van der Waals surface area contributed by atoms with E-state index in [0.717, 1.165) is 26.5 Å². The number of methoxy groups -OCH3 is 1. The Hall–Kier alpha value is -4.37. The van der Waals surface area contributed by atoms with Gasteiger partial charge in [-0.1, -0.05) is 41.9 Å². The lowest BCUT2D eigenvalue weighted by atomic mass is 10.1. The third-order valence-electron chi connectivity index (χ3n) is 6.12. The molecule has 0 aliphatic rings. The van der Waals surface area contributed by atoms with E-state index >= 15 is 0 Å². The van der Waals surface area contributed by atoms with Gasteiger partial charge >= 0.3 is 17.3 Å². The number of carbonyl (C=O) groups is 1. The Bertz CT molecular complexity index is 1740. The third kappa shape index (κ3) is 4.85. The van der Waals surface area contributed by atoms with Crippen LogP contribution in [0.3, 0.4) is 0 Å². The standard InChI is InChI=1S/C27H23ClN4O5/c1-16(13-24(33)36-2)32-26(34)30-25(31(27(32)35)15-17-7-9-18(28)10-8-17)29-19-11-12-23-21(14-19)20-5-3-4-6-22(20)37-23/h3-12,14,16H,13,15H2,1-2H3,(H,29,30,34)/t16-/m0/s1. The Morgan fingerprint density at radius 1 is 1.05 bits per heavy atom. The summed E-state index contributed by atoms with van der Waals surface area (Å²) in [7, 11) is 1.25. The number of esters is 1. The highest BCUT2D eigenvalue weighted by Crippen LogP contribution is 2.31. The second-order valence-corrected chi connectivity index (χ2v) is 9.08. The Kier molecular flexibility index (Phi) is 6.54. The monoisotopic (exact) mass is 518 g/mol. The zero-order chi connectivity index (χ0) is 26.1. The molecular weight excluding hydrogens is 496 g/mol. The van der Waals surface area contributed by atoms with E-state index in [9.17, 15) is 14.4 Å². The molecule has 10 heteroatoms. The highest BCUT2D eigenvalue weighted by molar-refractivity contribution is 6.30. The first-order valence-corrected chi connectivity index (χ1v) is 11.9. The van der Waals surface area contributed by atoms with Crippen molar-refractivity contribution < 1.29 is 13.9 Å². The summed E-state index contributed by atoms with van der Waals surface area (Å²) < 4.78 is 12.9. The maximum absolute atomic E-state index is 13.6. The van der Waals surface area contributed by atoms with E-state index in [1.165, 1.54) is 11.7 Å². The van der Waals surface area contributed by atoms with Crippen molar-refractivity contribution in [3.05, 3.63) is 98.3 Å². The van der Waals surface area contributed by atoms with Gasteiger partial charge in [0.1, 0.15) is 11.2 Å². The molecule has 5 aromatic rings. The quantitative estimate of drug-likeness (QED) is 0.306. The van der Waals surface area contributed by atoms with Crippen LogP contribution in [0.1, 0.15) is 24.9 Å². The fourth-order valence-corrected chi connectivity index (χ4v) is 4.37. The summed E-state index contributed by atoms with van der Waals surface area (Å²) in [6.07, 6.45) is -0.148. The number of aromatic nitrogens is 3. The summed E-state index contributed by atoms with van der Waals surface area (Å²) in [5.74, 6) is -0.468. The van der Waals surface area contributed by atoms with Crippen LogP contribution in [0, 0.1) is 0 Å². The number of hydrogen-bond acceptors (Lipinski definition) is 7. The summed E-state index contributed by atoms with van der Waals surface area (Å²) >= 11 is 6.02. The van der Waals surface area contributed by atoms with Gasteiger partial charge in [0.2, 0.25) is 5.95 Å². The van der Waals surface area contributed by atoms with Gasteiger partial charge in [0.05, 0.1) is 26.1 Å². The minimum absolute atomic E-state index is 0.0682. The van der Waals surface area contributed by atoms with Gasteiger partial charge in [-0.15, -0.1) is 0 Å². The van der Waals surface area contributed by atoms with E-state index in [0.29, 0.717) is 16.3 Å². The summed E-state index contributed by atoms with van der Waals surface area (Å²) in [5.41, 5.74) is 1.49. The first-order valence-electron chi connectivity index (χ1n) is 11.6. The van der Waals surface area contributed by atoms with Crippen molar-refractivity contribution in [3.63, 3.8) is 0 Å². The Morgan fingerprint density at radius 3 is 2.54 bits per heavy atom. The minimum atomic E-state index is -0.772. The fourth-order valence-electron chi connectivity index (χ4n) is 4.24. The maximum atomic E-state index is 13.6. The number of benzene rings is 3. The van der Waals surface area contributed by atoms with Gasteiger partial charge in [0, 0.05) is 21.5 Å². The lowest BCUT2D eigenvalue weighted by Gasteiger charge is -2.18. The van der Waals surface area contributed by atoms with Gasteiger partial charge in [0.25, 0.3) is 0 Å². The van der Waals surface area contributed by atoms with Gasteiger partial charge in [0.15, 0.2) is 0 Å². The predicted octanol–water partition coefficient (Wildman–Crippen LogP) is 4.87. The lowest BCUT2D eigenvalue weighted by Crippen LogP contribution is -2.44. The van der Waals surface area contributed by atoms with E-state index < -0.39 is 23.4 Å².